The zero-order chi connectivity index (χ0) is 24.9. The Labute approximate surface area is 217 Å². The number of carbonyl (C=O) groups excluding carboxylic acids is 1. The molecule has 3 aromatic rings. The predicted octanol–water partition coefficient (Wildman–Crippen LogP) is 5.59. The van der Waals surface area contributed by atoms with Crippen LogP contribution >= 0.6 is 27.7 Å². The Morgan fingerprint density at radius 1 is 1.23 bits per heavy atom. The molecule has 1 atom stereocenters. The van der Waals surface area contributed by atoms with E-state index >= 15 is 0 Å². The molecule has 2 heterocycles. The maximum Gasteiger partial charge on any atom is 0.338 e. The van der Waals surface area contributed by atoms with Gasteiger partial charge in [-0.15, -0.1) is 5.10 Å². The van der Waals surface area contributed by atoms with E-state index < -0.39 is 12.0 Å². The van der Waals surface area contributed by atoms with Gasteiger partial charge < -0.3 is 19.5 Å². The molecule has 0 fully saturated rings. The van der Waals surface area contributed by atoms with Gasteiger partial charge in [0.05, 0.1) is 24.3 Å². The van der Waals surface area contributed by atoms with E-state index in [0.29, 0.717) is 45.0 Å². The molecule has 0 bridgehead atoms. The predicted molar refractivity (Wildman–Crippen MR) is 139 cm³/mol. The fraction of sp³-hybridized carbons (Fsp3) is 0.320. The molecule has 0 spiro atoms. The lowest BCUT2D eigenvalue weighted by molar-refractivity contribution is -0.136. The van der Waals surface area contributed by atoms with Gasteiger partial charge in [-0.05, 0) is 52.5 Å². The number of halogens is 1. The van der Waals surface area contributed by atoms with E-state index in [9.17, 15) is 4.79 Å². The van der Waals surface area contributed by atoms with E-state index in [1.54, 1.807) is 23.6 Å². The fourth-order valence-corrected chi connectivity index (χ4v) is 5.09. The number of benzene rings is 2. The number of hydrogen-bond acceptors (Lipinski definition) is 8. The second kappa shape index (κ2) is 11.2. The summed E-state index contributed by atoms with van der Waals surface area (Å²) >= 11 is 5.22. The van der Waals surface area contributed by atoms with Crippen molar-refractivity contribution in [2.24, 2.45) is 0 Å². The number of ether oxygens (including phenoxy) is 3. The molecule has 1 aromatic heterocycles. The van der Waals surface area contributed by atoms with E-state index in [4.69, 9.17) is 19.3 Å². The second-order valence-electron chi connectivity index (χ2n) is 7.88. The number of fused-ring (bicyclic) bond motifs is 1. The Kier molecular flexibility index (Phi) is 8.02. The maximum absolute atomic E-state index is 12.9. The molecule has 0 saturated carbocycles. The van der Waals surface area contributed by atoms with Gasteiger partial charge in [0.15, 0.2) is 11.5 Å². The average molecular weight is 559 g/mol. The van der Waals surface area contributed by atoms with E-state index in [2.05, 4.69) is 33.2 Å². The highest BCUT2D eigenvalue weighted by Gasteiger charge is 2.36. The number of nitrogens with one attached hydrogen (secondary N) is 1. The number of carbonyl (C=O) groups is 1. The van der Waals surface area contributed by atoms with Crippen molar-refractivity contribution < 1.29 is 19.0 Å². The van der Waals surface area contributed by atoms with Crippen LogP contribution in [0.25, 0.3) is 0 Å². The minimum absolute atomic E-state index is 0.389. The van der Waals surface area contributed by atoms with Crippen LogP contribution in [-0.2, 0) is 16.1 Å². The molecular formula is C25H27BrN4O4S. The smallest absolute Gasteiger partial charge is 0.338 e. The van der Waals surface area contributed by atoms with Crippen molar-refractivity contribution in [1.29, 1.82) is 0 Å². The van der Waals surface area contributed by atoms with E-state index in [0.717, 1.165) is 23.3 Å². The van der Waals surface area contributed by atoms with E-state index in [1.165, 1.54) is 7.11 Å². The first-order valence-corrected chi connectivity index (χ1v) is 12.9. The lowest BCUT2D eigenvalue weighted by atomic mass is 9.95. The number of anilines is 1. The zero-order valence-corrected chi connectivity index (χ0v) is 22.4. The van der Waals surface area contributed by atoms with Crippen LogP contribution in [0, 0.1) is 0 Å². The summed E-state index contributed by atoms with van der Waals surface area (Å²) in [4.78, 5) is 17.5. The lowest BCUT2D eigenvalue weighted by Crippen LogP contribution is -2.29. The first-order valence-electron chi connectivity index (χ1n) is 11.2. The summed E-state index contributed by atoms with van der Waals surface area (Å²) in [6.07, 6.45) is 1.00. The van der Waals surface area contributed by atoms with E-state index in [-0.39, 0.29) is 0 Å². The Balaban J connectivity index is 1.76. The maximum atomic E-state index is 12.9. The van der Waals surface area contributed by atoms with Crippen molar-refractivity contribution >= 4 is 39.6 Å². The molecule has 0 aliphatic carbocycles. The minimum Gasteiger partial charge on any atom is -0.493 e. The highest BCUT2D eigenvalue weighted by molar-refractivity contribution is 9.10. The highest BCUT2D eigenvalue weighted by Crippen LogP contribution is 2.43. The second-order valence-corrected chi connectivity index (χ2v) is 9.79. The Morgan fingerprint density at radius 2 is 2.00 bits per heavy atom. The molecule has 2 aromatic carbocycles. The van der Waals surface area contributed by atoms with Crippen LogP contribution < -0.4 is 14.8 Å². The topological polar surface area (TPSA) is 87.5 Å². The van der Waals surface area contributed by atoms with Crippen LogP contribution in [0.15, 0.2) is 63.4 Å². The third-order valence-electron chi connectivity index (χ3n) is 5.47. The van der Waals surface area contributed by atoms with Crippen LogP contribution in [0.3, 0.4) is 0 Å². The van der Waals surface area contributed by atoms with Crippen molar-refractivity contribution in [2.45, 2.75) is 38.1 Å². The number of thioether (sulfide) groups is 1. The number of aromatic nitrogens is 3. The Hall–Kier alpha value is -2.98. The van der Waals surface area contributed by atoms with Gasteiger partial charge in [0.25, 0.3) is 0 Å². The molecule has 1 aliphatic heterocycles. The summed E-state index contributed by atoms with van der Waals surface area (Å²) < 4.78 is 19.3. The molecule has 0 saturated heterocycles. The van der Waals surface area contributed by atoms with Crippen molar-refractivity contribution in [3.63, 3.8) is 0 Å². The van der Waals surface area contributed by atoms with Crippen LogP contribution in [0.1, 0.15) is 37.4 Å². The molecule has 184 valence electrons. The van der Waals surface area contributed by atoms with E-state index in [1.807, 2.05) is 49.4 Å². The summed E-state index contributed by atoms with van der Waals surface area (Å²) in [7, 11) is 2.96. The summed E-state index contributed by atoms with van der Waals surface area (Å²) in [6.45, 7) is 4.33. The third-order valence-corrected chi connectivity index (χ3v) is 7.10. The number of allylic oxidation sites excluding steroid dienone is 1. The molecule has 0 radical (unpaired) electrons. The number of methoxy groups -OCH3 is 2. The van der Waals surface area contributed by atoms with Crippen LogP contribution in [0.5, 0.6) is 11.5 Å². The number of rotatable bonds is 9. The Morgan fingerprint density at radius 3 is 2.69 bits per heavy atom. The van der Waals surface area contributed by atoms with Crippen molar-refractivity contribution in [3.8, 4) is 11.5 Å². The molecule has 0 amide bonds. The molecule has 10 heteroatoms. The molecule has 1 N–H and O–H groups in total. The SMILES string of the molecule is CCCSc1nc2n(n1)C(c1cc(Br)c(OCc3ccccc3)c(OC)c1)C(C(=O)OC)=C(C)N2. The average Bonchev–Trinajstić information content (AvgIpc) is 3.27. The largest absolute Gasteiger partial charge is 0.493 e. The normalized spacial score (nSPS) is 14.8. The monoisotopic (exact) mass is 558 g/mol. The van der Waals surface area contributed by atoms with Crippen molar-refractivity contribution in [2.75, 3.05) is 25.3 Å². The molecule has 8 nitrogen and oxygen atoms in total. The summed E-state index contributed by atoms with van der Waals surface area (Å²) in [5.41, 5.74) is 2.93. The van der Waals surface area contributed by atoms with Gasteiger partial charge in [-0.3, -0.25) is 0 Å². The molecular weight excluding hydrogens is 532 g/mol. The molecule has 4 rings (SSSR count). The summed E-state index contributed by atoms with van der Waals surface area (Å²) in [5, 5.41) is 8.56. The van der Waals surface area contributed by atoms with Crippen LogP contribution in [0.2, 0.25) is 0 Å². The first kappa shape index (κ1) is 25.1. The number of esters is 1. The molecule has 35 heavy (non-hydrogen) atoms. The van der Waals surface area contributed by atoms with Crippen molar-refractivity contribution in [3.05, 3.63) is 69.3 Å². The first-order chi connectivity index (χ1) is 17.0. The van der Waals surface area contributed by atoms with Crippen LogP contribution in [-0.4, -0.2) is 40.7 Å². The van der Waals surface area contributed by atoms with Crippen molar-refractivity contribution in [1.82, 2.24) is 14.8 Å². The fourth-order valence-electron chi connectivity index (χ4n) is 3.84. The lowest BCUT2D eigenvalue weighted by Gasteiger charge is -2.28. The van der Waals surface area contributed by atoms with Gasteiger partial charge in [0, 0.05) is 11.4 Å². The summed E-state index contributed by atoms with van der Waals surface area (Å²) in [6, 6.07) is 13.1. The van der Waals surface area contributed by atoms with Gasteiger partial charge in [-0.2, -0.15) is 4.98 Å². The zero-order valence-electron chi connectivity index (χ0n) is 20.0. The van der Waals surface area contributed by atoms with Gasteiger partial charge in [-0.1, -0.05) is 49.0 Å². The molecule has 1 aliphatic rings. The van der Waals surface area contributed by atoms with Gasteiger partial charge >= 0.3 is 5.97 Å². The number of hydrogen-bond donors (Lipinski definition) is 1. The standard InChI is InChI=1S/C25H27BrN4O4S/c1-5-11-35-25-28-24-27-15(2)20(23(31)33-4)21(30(24)29-25)17-12-18(26)22(19(13-17)32-3)34-14-16-9-7-6-8-10-16/h6-10,12-13,21H,5,11,14H2,1-4H3,(H,27,28,29). The van der Waals surface area contributed by atoms with Gasteiger partial charge in [-0.25, -0.2) is 9.48 Å². The highest BCUT2D eigenvalue weighted by atomic mass is 79.9. The quantitative estimate of drug-likeness (QED) is 0.268. The third kappa shape index (κ3) is 5.33. The Bertz CT molecular complexity index is 1250. The molecule has 1 unspecified atom stereocenters. The minimum atomic E-state index is -0.560. The van der Waals surface area contributed by atoms with Gasteiger partial charge in [0.1, 0.15) is 12.6 Å². The number of nitrogens with zero attached hydrogens (tertiary/aromatic N) is 3. The summed E-state index contributed by atoms with van der Waals surface area (Å²) in [5.74, 6) is 2.14. The van der Waals surface area contributed by atoms with Gasteiger partial charge in [0.2, 0.25) is 11.1 Å². The van der Waals surface area contributed by atoms with Crippen LogP contribution in [0.4, 0.5) is 5.95 Å².